The summed E-state index contributed by atoms with van der Waals surface area (Å²) in [4.78, 5) is -0.589. The Labute approximate surface area is 112 Å². The summed E-state index contributed by atoms with van der Waals surface area (Å²) in [6.07, 6.45) is 0. The van der Waals surface area contributed by atoms with Gasteiger partial charge < -0.3 is 5.73 Å². The van der Waals surface area contributed by atoms with E-state index in [0.717, 1.165) is 16.4 Å². The average Bonchev–Trinajstić information content (AvgIpc) is 2.32. The summed E-state index contributed by atoms with van der Waals surface area (Å²) in [7, 11) is -4.00. The van der Waals surface area contributed by atoms with Crippen LogP contribution in [0.25, 0.3) is 0 Å². The molecule has 0 fully saturated rings. The number of sulfonamides is 1. The van der Waals surface area contributed by atoms with Gasteiger partial charge in [-0.25, -0.2) is 17.2 Å². The van der Waals surface area contributed by atoms with Gasteiger partial charge in [-0.15, -0.1) is 0 Å². The first-order chi connectivity index (χ1) is 8.71. The predicted octanol–water partition coefficient (Wildman–Crippen LogP) is 2.21. The lowest BCUT2D eigenvalue weighted by atomic mass is 10.2. The number of nitrogens with two attached hydrogens (primary N) is 1. The summed E-state index contributed by atoms with van der Waals surface area (Å²) >= 11 is 0. The largest absolute Gasteiger partial charge is 0.394 e. The maximum absolute atomic E-state index is 13.8. The summed E-state index contributed by atoms with van der Waals surface area (Å²) < 4.78 is 52.6. The minimum Gasteiger partial charge on any atom is -0.394 e. The van der Waals surface area contributed by atoms with E-state index < -0.39 is 32.2 Å². The minimum absolute atomic E-state index is 0.0931. The lowest BCUT2D eigenvalue weighted by Crippen LogP contribution is -2.34. The van der Waals surface area contributed by atoms with Gasteiger partial charge in [0, 0.05) is 13.1 Å². The number of hydrogen-bond donors (Lipinski definition) is 1. The van der Waals surface area contributed by atoms with Crippen LogP contribution >= 0.6 is 0 Å². The lowest BCUT2D eigenvalue weighted by Gasteiger charge is -2.22. The second-order valence-electron chi connectivity index (χ2n) is 4.62. The minimum atomic E-state index is -4.00. The Morgan fingerprint density at radius 1 is 1.32 bits per heavy atom. The second kappa shape index (κ2) is 5.83. The zero-order chi connectivity index (χ0) is 14.8. The molecule has 0 spiro atoms. The summed E-state index contributed by atoms with van der Waals surface area (Å²) in [5.41, 5.74) is 4.41. The Hall–Kier alpha value is -1.21. The molecular formula is C12H18F2N2O2S. The summed E-state index contributed by atoms with van der Waals surface area (Å²) in [6.45, 7) is 5.83. The van der Waals surface area contributed by atoms with E-state index >= 15 is 0 Å². The Balaban J connectivity index is 3.30. The standard InChI is InChI=1S/C12H18F2N2O2S/c1-4-16(7-8(2)3)19(17,18)10-6-5-9(13)12(15)11(10)14/h5-6,8H,4,7,15H2,1-3H3. The number of halogens is 2. The van der Waals surface area contributed by atoms with Crippen molar-refractivity contribution in [1.82, 2.24) is 4.31 Å². The van der Waals surface area contributed by atoms with Crippen molar-refractivity contribution in [3.05, 3.63) is 23.8 Å². The molecule has 0 saturated carbocycles. The van der Waals surface area contributed by atoms with Crippen molar-refractivity contribution in [1.29, 1.82) is 0 Å². The van der Waals surface area contributed by atoms with Crippen LogP contribution in [0.1, 0.15) is 20.8 Å². The van der Waals surface area contributed by atoms with Gasteiger partial charge in [-0.05, 0) is 18.1 Å². The molecule has 2 N–H and O–H groups in total. The molecule has 0 aromatic heterocycles. The number of benzene rings is 1. The third kappa shape index (κ3) is 3.22. The molecule has 0 aliphatic heterocycles. The van der Waals surface area contributed by atoms with E-state index in [2.05, 4.69) is 0 Å². The summed E-state index contributed by atoms with van der Waals surface area (Å²) in [6, 6.07) is 1.76. The molecule has 108 valence electrons. The topological polar surface area (TPSA) is 63.4 Å². The smallest absolute Gasteiger partial charge is 0.246 e. The number of hydrogen-bond acceptors (Lipinski definition) is 3. The van der Waals surface area contributed by atoms with E-state index in [1.54, 1.807) is 6.92 Å². The summed E-state index contributed by atoms with van der Waals surface area (Å²) in [5, 5.41) is 0. The Morgan fingerprint density at radius 3 is 2.37 bits per heavy atom. The number of rotatable bonds is 5. The van der Waals surface area contributed by atoms with Crippen LogP contribution in [0.5, 0.6) is 0 Å². The number of anilines is 1. The number of nitrogens with zero attached hydrogens (tertiary/aromatic N) is 1. The Bertz CT molecular complexity index is 559. The molecule has 0 heterocycles. The number of nitrogen functional groups attached to an aromatic ring is 1. The molecule has 0 radical (unpaired) electrons. The third-order valence-electron chi connectivity index (χ3n) is 2.63. The monoisotopic (exact) mass is 292 g/mol. The molecule has 0 aliphatic rings. The van der Waals surface area contributed by atoms with Crippen LogP contribution in [0.15, 0.2) is 17.0 Å². The van der Waals surface area contributed by atoms with E-state index in [4.69, 9.17) is 5.73 Å². The van der Waals surface area contributed by atoms with Crippen molar-refractivity contribution >= 4 is 15.7 Å². The van der Waals surface area contributed by atoms with Gasteiger partial charge in [0.2, 0.25) is 10.0 Å². The Morgan fingerprint density at radius 2 is 1.89 bits per heavy atom. The van der Waals surface area contributed by atoms with Crippen molar-refractivity contribution in [2.45, 2.75) is 25.7 Å². The molecule has 0 unspecified atom stereocenters. The van der Waals surface area contributed by atoms with E-state index in [1.807, 2.05) is 13.8 Å². The van der Waals surface area contributed by atoms with Crippen molar-refractivity contribution in [2.75, 3.05) is 18.8 Å². The van der Waals surface area contributed by atoms with Crippen molar-refractivity contribution in [3.8, 4) is 0 Å². The van der Waals surface area contributed by atoms with Crippen LogP contribution in [-0.2, 0) is 10.0 Å². The molecule has 0 amide bonds. The highest BCUT2D eigenvalue weighted by Crippen LogP contribution is 2.25. The molecule has 1 aromatic rings. The van der Waals surface area contributed by atoms with E-state index in [0.29, 0.717) is 0 Å². The normalized spacial score (nSPS) is 12.4. The summed E-state index contributed by atoms with van der Waals surface area (Å²) in [5.74, 6) is -2.11. The zero-order valence-corrected chi connectivity index (χ0v) is 12.0. The SMILES string of the molecule is CCN(CC(C)C)S(=O)(=O)c1ccc(F)c(N)c1F. The molecular weight excluding hydrogens is 274 g/mol. The van der Waals surface area contributed by atoms with Crippen molar-refractivity contribution in [3.63, 3.8) is 0 Å². The highest BCUT2D eigenvalue weighted by molar-refractivity contribution is 7.89. The van der Waals surface area contributed by atoms with Crippen LogP contribution in [-0.4, -0.2) is 25.8 Å². The first-order valence-electron chi connectivity index (χ1n) is 5.95. The first kappa shape index (κ1) is 15.8. The zero-order valence-electron chi connectivity index (χ0n) is 11.2. The van der Waals surface area contributed by atoms with Crippen molar-refractivity contribution in [2.24, 2.45) is 5.92 Å². The van der Waals surface area contributed by atoms with E-state index in [1.165, 1.54) is 0 Å². The van der Waals surface area contributed by atoms with Crippen LogP contribution in [0.3, 0.4) is 0 Å². The average molecular weight is 292 g/mol. The van der Waals surface area contributed by atoms with Gasteiger partial charge in [-0.1, -0.05) is 20.8 Å². The van der Waals surface area contributed by atoms with Gasteiger partial charge in [-0.2, -0.15) is 4.31 Å². The first-order valence-corrected chi connectivity index (χ1v) is 7.39. The predicted molar refractivity (Wildman–Crippen MR) is 70.0 cm³/mol. The molecule has 1 rings (SSSR count). The van der Waals surface area contributed by atoms with Crippen LogP contribution in [0.4, 0.5) is 14.5 Å². The molecule has 4 nitrogen and oxygen atoms in total. The lowest BCUT2D eigenvalue weighted by molar-refractivity contribution is 0.378. The second-order valence-corrected chi connectivity index (χ2v) is 6.53. The third-order valence-corrected chi connectivity index (χ3v) is 4.59. The van der Waals surface area contributed by atoms with Crippen molar-refractivity contribution < 1.29 is 17.2 Å². The van der Waals surface area contributed by atoms with Gasteiger partial charge in [0.05, 0.1) is 0 Å². The fourth-order valence-corrected chi connectivity index (χ4v) is 3.38. The van der Waals surface area contributed by atoms with Crippen LogP contribution in [0.2, 0.25) is 0 Å². The van der Waals surface area contributed by atoms with Crippen LogP contribution in [0, 0.1) is 17.6 Å². The molecule has 7 heteroatoms. The molecule has 19 heavy (non-hydrogen) atoms. The Kier molecular flexibility index (Phi) is 4.86. The fourth-order valence-electron chi connectivity index (χ4n) is 1.69. The fraction of sp³-hybridized carbons (Fsp3) is 0.500. The van der Waals surface area contributed by atoms with E-state index in [-0.39, 0.29) is 19.0 Å². The maximum atomic E-state index is 13.8. The quantitative estimate of drug-likeness (QED) is 0.846. The van der Waals surface area contributed by atoms with Gasteiger partial charge in [-0.3, -0.25) is 0 Å². The maximum Gasteiger partial charge on any atom is 0.246 e. The van der Waals surface area contributed by atoms with Gasteiger partial charge in [0.1, 0.15) is 16.4 Å². The van der Waals surface area contributed by atoms with Crippen LogP contribution < -0.4 is 5.73 Å². The van der Waals surface area contributed by atoms with E-state index in [9.17, 15) is 17.2 Å². The van der Waals surface area contributed by atoms with Gasteiger partial charge >= 0.3 is 0 Å². The molecule has 0 bridgehead atoms. The molecule has 0 saturated heterocycles. The molecule has 1 aromatic carbocycles. The molecule has 0 aliphatic carbocycles. The van der Waals surface area contributed by atoms with Gasteiger partial charge in [0.25, 0.3) is 0 Å². The molecule has 0 atom stereocenters. The van der Waals surface area contributed by atoms with Gasteiger partial charge in [0.15, 0.2) is 5.82 Å². The highest BCUT2D eigenvalue weighted by atomic mass is 32.2. The highest BCUT2D eigenvalue weighted by Gasteiger charge is 2.28.